The van der Waals surface area contributed by atoms with Crippen molar-refractivity contribution in [3.8, 4) is 0 Å². The van der Waals surface area contributed by atoms with Crippen molar-refractivity contribution >= 4 is 18.4 Å². The van der Waals surface area contributed by atoms with Crippen LogP contribution in [0.5, 0.6) is 0 Å². The molecule has 0 heterocycles. The third-order valence-electron chi connectivity index (χ3n) is 3.60. The average Bonchev–Trinajstić information content (AvgIpc) is 2.38. The Bertz CT molecular complexity index is 196. The number of unbranched alkanes of at least 4 members (excludes halogenated alkanes) is 7. The van der Waals surface area contributed by atoms with Crippen LogP contribution in [0, 0.1) is 0 Å². The van der Waals surface area contributed by atoms with Crippen LogP contribution < -0.4 is 0 Å². The summed E-state index contributed by atoms with van der Waals surface area (Å²) < 4.78 is 7.85. The van der Waals surface area contributed by atoms with Gasteiger partial charge in [-0.15, -0.1) is 0 Å². The first kappa shape index (κ1) is 17.0. The van der Waals surface area contributed by atoms with Crippen LogP contribution in [0.1, 0.15) is 58.3 Å². The summed E-state index contributed by atoms with van der Waals surface area (Å²) in [6.45, 7) is 14.2. The van der Waals surface area contributed by atoms with Gasteiger partial charge < -0.3 is 0 Å². The zero-order chi connectivity index (χ0) is 13.0. The van der Waals surface area contributed by atoms with Crippen molar-refractivity contribution in [2.24, 2.45) is 0 Å². The van der Waals surface area contributed by atoms with Crippen molar-refractivity contribution < 1.29 is 0 Å². The SMILES string of the molecule is C=[CH][Sn]([CH]=C)([CH]=C)[CH2]CCCCCCCCC. The van der Waals surface area contributed by atoms with Gasteiger partial charge in [0.15, 0.2) is 0 Å². The summed E-state index contributed by atoms with van der Waals surface area (Å²) in [6.07, 6.45) is 11.1. The van der Waals surface area contributed by atoms with Crippen LogP contribution in [-0.4, -0.2) is 18.4 Å². The molecule has 0 fully saturated rings. The summed E-state index contributed by atoms with van der Waals surface area (Å²) in [4.78, 5) is 0. The molecule has 0 saturated carbocycles. The average molecular weight is 341 g/mol. The molecule has 0 aliphatic carbocycles. The van der Waals surface area contributed by atoms with Crippen molar-refractivity contribution in [2.75, 3.05) is 0 Å². The first-order valence-corrected chi connectivity index (χ1v) is 14.1. The molecule has 0 bridgehead atoms. The number of hydrogen-bond donors (Lipinski definition) is 0. The van der Waals surface area contributed by atoms with Crippen molar-refractivity contribution in [3.63, 3.8) is 0 Å². The molecule has 0 aromatic rings. The first-order chi connectivity index (χ1) is 8.24. The van der Waals surface area contributed by atoms with E-state index in [1.807, 2.05) is 0 Å². The summed E-state index contributed by atoms with van der Waals surface area (Å²) in [7, 11) is 0. The molecule has 0 saturated heterocycles. The molecule has 0 spiro atoms. The van der Waals surface area contributed by atoms with Crippen molar-refractivity contribution in [1.29, 1.82) is 0 Å². The maximum absolute atomic E-state index is 3.97. The van der Waals surface area contributed by atoms with E-state index in [9.17, 15) is 0 Å². The van der Waals surface area contributed by atoms with E-state index in [1.54, 1.807) is 0 Å². The molecule has 0 atom stereocenters. The van der Waals surface area contributed by atoms with Crippen LogP contribution in [0.25, 0.3) is 0 Å². The third-order valence-corrected chi connectivity index (χ3v) is 13.6. The van der Waals surface area contributed by atoms with Gasteiger partial charge in [0.25, 0.3) is 0 Å². The quantitative estimate of drug-likeness (QED) is 0.313. The second-order valence-corrected chi connectivity index (χ2v) is 16.2. The summed E-state index contributed by atoms with van der Waals surface area (Å²) in [5.74, 6) is 0. The second kappa shape index (κ2) is 11.1. The van der Waals surface area contributed by atoms with Crippen molar-refractivity contribution in [2.45, 2.75) is 62.7 Å². The van der Waals surface area contributed by atoms with Gasteiger partial charge in [-0.1, -0.05) is 0 Å². The minimum atomic E-state index is -2.26. The second-order valence-electron chi connectivity index (χ2n) is 4.95. The molecule has 0 amide bonds. The molecule has 17 heavy (non-hydrogen) atoms. The molecule has 0 aromatic carbocycles. The summed E-state index contributed by atoms with van der Waals surface area (Å²) in [5.41, 5.74) is 0. The van der Waals surface area contributed by atoms with E-state index in [4.69, 9.17) is 0 Å². The van der Waals surface area contributed by atoms with Crippen LogP contribution in [0.2, 0.25) is 4.44 Å². The molecule has 0 aliphatic rings. The summed E-state index contributed by atoms with van der Waals surface area (Å²) >= 11 is -2.26. The molecule has 0 aromatic heterocycles. The topological polar surface area (TPSA) is 0 Å². The van der Waals surface area contributed by atoms with E-state index in [0.717, 1.165) is 0 Å². The number of rotatable bonds is 12. The summed E-state index contributed by atoms with van der Waals surface area (Å²) in [6, 6.07) is 0. The Morgan fingerprint density at radius 1 is 0.706 bits per heavy atom. The van der Waals surface area contributed by atoms with Gasteiger partial charge in [-0.3, -0.25) is 0 Å². The fourth-order valence-electron chi connectivity index (χ4n) is 2.12. The standard InChI is InChI=1S/C10H21.3C2H3.Sn/c1-3-5-7-9-10-8-6-4-2;3*1-2;/h1,3-10H2,2H3;3*1H,2H2;. The van der Waals surface area contributed by atoms with Gasteiger partial charge in [-0.05, 0) is 0 Å². The van der Waals surface area contributed by atoms with Crippen LogP contribution in [0.3, 0.4) is 0 Å². The van der Waals surface area contributed by atoms with Crippen molar-refractivity contribution in [3.05, 3.63) is 32.0 Å². The first-order valence-electron chi connectivity index (χ1n) is 7.15. The Morgan fingerprint density at radius 3 is 1.53 bits per heavy atom. The Hall–Kier alpha value is 0.0187. The molecule has 0 nitrogen and oxygen atoms in total. The molecule has 0 N–H and O–H groups in total. The predicted octanol–water partition coefficient (Wildman–Crippen LogP) is 5.75. The zero-order valence-electron chi connectivity index (χ0n) is 11.7. The van der Waals surface area contributed by atoms with Gasteiger partial charge in [-0.2, -0.15) is 0 Å². The van der Waals surface area contributed by atoms with E-state index >= 15 is 0 Å². The monoisotopic (exact) mass is 342 g/mol. The molecular formula is C16H30Sn. The Kier molecular flexibility index (Phi) is 11.1. The van der Waals surface area contributed by atoms with Crippen LogP contribution in [0.15, 0.2) is 32.0 Å². The van der Waals surface area contributed by atoms with Crippen LogP contribution in [-0.2, 0) is 0 Å². The maximum atomic E-state index is 3.97. The summed E-state index contributed by atoms with van der Waals surface area (Å²) in [5, 5.41) is 0. The molecule has 0 radical (unpaired) electrons. The van der Waals surface area contributed by atoms with Gasteiger partial charge in [0, 0.05) is 0 Å². The van der Waals surface area contributed by atoms with Gasteiger partial charge >= 0.3 is 113 Å². The fraction of sp³-hybridized carbons (Fsp3) is 0.625. The van der Waals surface area contributed by atoms with Gasteiger partial charge in [0.2, 0.25) is 0 Å². The zero-order valence-corrected chi connectivity index (χ0v) is 14.6. The Morgan fingerprint density at radius 2 is 1.12 bits per heavy atom. The Labute approximate surface area is 113 Å². The molecule has 98 valence electrons. The van der Waals surface area contributed by atoms with E-state index in [2.05, 4.69) is 38.9 Å². The molecular weight excluding hydrogens is 311 g/mol. The Balaban J connectivity index is 3.53. The van der Waals surface area contributed by atoms with E-state index in [1.165, 1.54) is 55.8 Å². The van der Waals surface area contributed by atoms with E-state index < -0.39 is 18.4 Å². The minimum absolute atomic E-state index is 1.32. The van der Waals surface area contributed by atoms with Gasteiger partial charge in [-0.25, -0.2) is 0 Å². The predicted molar refractivity (Wildman–Crippen MR) is 83.8 cm³/mol. The third kappa shape index (κ3) is 7.86. The van der Waals surface area contributed by atoms with E-state index in [0.29, 0.717) is 0 Å². The van der Waals surface area contributed by atoms with Gasteiger partial charge in [0.05, 0.1) is 0 Å². The molecule has 0 aliphatic heterocycles. The normalized spacial score (nSPS) is 11.1. The van der Waals surface area contributed by atoms with Crippen LogP contribution >= 0.6 is 0 Å². The van der Waals surface area contributed by atoms with Crippen molar-refractivity contribution in [1.82, 2.24) is 0 Å². The molecule has 1 heteroatoms. The number of hydrogen-bond acceptors (Lipinski definition) is 0. The molecule has 0 unspecified atom stereocenters. The fourth-order valence-corrected chi connectivity index (χ4v) is 7.76. The van der Waals surface area contributed by atoms with Crippen LogP contribution in [0.4, 0.5) is 0 Å². The molecule has 0 rings (SSSR count). The van der Waals surface area contributed by atoms with E-state index in [-0.39, 0.29) is 0 Å². The van der Waals surface area contributed by atoms with Gasteiger partial charge in [0.1, 0.15) is 0 Å².